The first-order valence-corrected chi connectivity index (χ1v) is 6.05. The lowest BCUT2D eigenvalue weighted by molar-refractivity contribution is 0.895. The molecule has 0 aliphatic heterocycles. The van der Waals surface area contributed by atoms with Crippen molar-refractivity contribution in [2.75, 3.05) is 17.7 Å². The number of aromatic nitrogens is 1. The molecule has 0 bridgehead atoms. The second-order valence-electron chi connectivity index (χ2n) is 3.90. The minimum Gasteiger partial charge on any atom is -0.397 e. The van der Waals surface area contributed by atoms with Crippen LogP contribution in [0.1, 0.15) is 11.3 Å². The minimum absolute atomic E-state index is 0.789. The number of aryl methyl sites for hydroxylation is 1. The van der Waals surface area contributed by atoms with Gasteiger partial charge >= 0.3 is 0 Å². The average Bonchev–Trinajstić information content (AvgIpc) is 2.74. The topological polar surface area (TPSA) is 42.1 Å². The Bertz CT molecular complexity index is 465. The molecular weight excluding hydrogens is 218 g/mol. The van der Waals surface area contributed by atoms with Crippen LogP contribution in [-0.4, -0.2) is 12.0 Å². The van der Waals surface area contributed by atoms with Crippen LogP contribution in [0.5, 0.6) is 0 Å². The van der Waals surface area contributed by atoms with E-state index < -0.39 is 0 Å². The summed E-state index contributed by atoms with van der Waals surface area (Å²) in [5.41, 5.74) is 12.0. The molecule has 1 heterocycles. The highest BCUT2D eigenvalue weighted by Gasteiger charge is 2.07. The van der Waals surface area contributed by atoms with Gasteiger partial charge in [0.2, 0.25) is 0 Å². The molecule has 0 unspecified atom stereocenters. The molecule has 84 valence electrons. The fourth-order valence-electron chi connectivity index (χ4n) is 1.63. The van der Waals surface area contributed by atoms with E-state index in [1.54, 1.807) is 11.3 Å². The van der Waals surface area contributed by atoms with Crippen LogP contribution in [0.3, 0.4) is 0 Å². The van der Waals surface area contributed by atoms with E-state index in [0.717, 1.165) is 23.6 Å². The van der Waals surface area contributed by atoms with E-state index in [0.29, 0.717) is 0 Å². The van der Waals surface area contributed by atoms with Crippen LogP contribution in [-0.2, 0) is 6.54 Å². The highest BCUT2D eigenvalue weighted by Crippen LogP contribution is 2.24. The summed E-state index contributed by atoms with van der Waals surface area (Å²) in [4.78, 5) is 6.39. The van der Waals surface area contributed by atoms with Gasteiger partial charge in [-0.15, -0.1) is 11.3 Å². The second-order valence-corrected chi connectivity index (χ2v) is 4.62. The van der Waals surface area contributed by atoms with Crippen LogP contribution in [0.4, 0.5) is 11.4 Å². The fraction of sp³-hybridized carbons (Fsp3) is 0.250. The molecule has 2 aromatic rings. The van der Waals surface area contributed by atoms with Gasteiger partial charge in [0.1, 0.15) is 0 Å². The van der Waals surface area contributed by atoms with E-state index in [-0.39, 0.29) is 0 Å². The molecule has 2 rings (SSSR count). The third-order valence-corrected chi connectivity index (χ3v) is 3.12. The van der Waals surface area contributed by atoms with Gasteiger partial charge < -0.3 is 10.6 Å². The largest absolute Gasteiger partial charge is 0.397 e. The molecule has 0 fully saturated rings. The Balaban J connectivity index is 2.20. The zero-order valence-electron chi connectivity index (χ0n) is 9.47. The van der Waals surface area contributed by atoms with Crippen molar-refractivity contribution < 1.29 is 0 Å². The third kappa shape index (κ3) is 2.33. The first-order valence-electron chi connectivity index (χ1n) is 5.11. The number of nitrogens with zero attached hydrogens (tertiary/aromatic N) is 2. The Kier molecular flexibility index (Phi) is 3.10. The number of anilines is 2. The van der Waals surface area contributed by atoms with Crippen LogP contribution < -0.4 is 10.6 Å². The Labute approximate surface area is 99.5 Å². The van der Waals surface area contributed by atoms with Gasteiger partial charge in [0.15, 0.2) is 0 Å². The van der Waals surface area contributed by atoms with Crippen molar-refractivity contribution in [3.05, 3.63) is 40.3 Å². The second kappa shape index (κ2) is 4.53. The van der Waals surface area contributed by atoms with Crippen LogP contribution in [0.2, 0.25) is 0 Å². The number of rotatable bonds is 3. The predicted octanol–water partition coefficient (Wildman–Crippen LogP) is 2.67. The monoisotopic (exact) mass is 233 g/mol. The lowest BCUT2D eigenvalue weighted by Crippen LogP contribution is -2.18. The smallest absolute Gasteiger partial charge is 0.0795 e. The Morgan fingerprint density at radius 2 is 2.25 bits per heavy atom. The molecule has 2 N–H and O–H groups in total. The first-order chi connectivity index (χ1) is 7.66. The third-order valence-electron chi connectivity index (χ3n) is 2.48. The molecule has 0 amide bonds. The lowest BCUT2D eigenvalue weighted by Gasteiger charge is -2.20. The highest BCUT2D eigenvalue weighted by atomic mass is 32.1. The molecule has 3 nitrogen and oxygen atoms in total. The van der Waals surface area contributed by atoms with Crippen molar-refractivity contribution >= 4 is 22.7 Å². The molecule has 0 atom stereocenters. The van der Waals surface area contributed by atoms with Gasteiger partial charge in [-0.25, -0.2) is 4.98 Å². The first kappa shape index (κ1) is 11.0. The maximum atomic E-state index is 5.96. The molecule has 4 heteroatoms. The fourth-order valence-corrected chi connectivity index (χ4v) is 2.18. The molecule has 1 aromatic heterocycles. The van der Waals surface area contributed by atoms with Crippen molar-refractivity contribution in [1.82, 2.24) is 4.98 Å². The summed E-state index contributed by atoms with van der Waals surface area (Å²) in [6, 6.07) is 6.07. The Hall–Kier alpha value is -1.55. The van der Waals surface area contributed by atoms with Crippen LogP contribution in [0, 0.1) is 6.92 Å². The summed E-state index contributed by atoms with van der Waals surface area (Å²) in [6.45, 7) is 2.86. The van der Waals surface area contributed by atoms with Crippen molar-refractivity contribution in [2.24, 2.45) is 0 Å². The number of hydrogen-bond donors (Lipinski definition) is 1. The van der Waals surface area contributed by atoms with E-state index in [4.69, 9.17) is 5.73 Å². The summed E-state index contributed by atoms with van der Waals surface area (Å²) < 4.78 is 0. The molecule has 0 saturated carbocycles. The molecule has 16 heavy (non-hydrogen) atoms. The quantitative estimate of drug-likeness (QED) is 0.829. The maximum Gasteiger partial charge on any atom is 0.0795 e. The Morgan fingerprint density at radius 1 is 1.44 bits per heavy atom. The molecule has 0 radical (unpaired) electrons. The van der Waals surface area contributed by atoms with Crippen molar-refractivity contribution in [3.8, 4) is 0 Å². The SMILES string of the molecule is Cc1ccc(N)c(N(C)Cc2cscn2)c1. The zero-order chi connectivity index (χ0) is 11.5. The predicted molar refractivity (Wildman–Crippen MR) is 69.8 cm³/mol. The van der Waals surface area contributed by atoms with Gasteiger partial charge in [0, 0.05) is 12.4 Å². The molecule has 0 spiro atoms. The summed E-state index contributed by atoms with van der Waals surface area (Å²) in [7, 11) is 2.03. The summed E-state index contributed by atoms with van der Waals surface area (Å²) >= 11 is 1.62. The standard InChI is InChI=1S/C12H15N3S/c1-9-3-4-11(13)12(5-9)15(2)6-10-7-16-8-14-10/h3-5,7-8H,6,13H2,1-2H3. The number of nitrogen functional groups attached to an aromatic ring is 1. The minimum atomic E-state index is 0.789. The number of benzene rings is 1. The highest BCUT2D eigenvalue weighted by molar-refractivity contribution is 7.07. The molecular formula is C12H15N3S. The summed E-state index contributed by atoms with van der Waals surface area (Å²) in [5.74, 6) is 0. The van der Waals surface area contributed by atoms with Gasteiger partial charge in [-0.2, -0.15) is 0 Å². The normalized spacial score (nSPS) is 10.4. The molecule has 0 aliphatic rings. The summed E-state index contributed by atoms with van der Waals surface area (Å²) in [5, 5.41) is 2.06. The maximum absolute atomic E-state index is 5.96. The van der Waals surface area contributed by atoms with Crippen molar-refractivity contribution in [3.63, 3.8) is 0 Å². The van der Waals surface area contributed by atoms with Gasteiger partial charge in [-0.05, 0) is 24.6 Å². The van der Waals surface area contributed by atoms with Gasteiger partial charge in [-0.3, -0.25) is 0 Å². The van der Waals surface area contributed by atoms with Crippen molar-refractivity contribution in [1.29, 1.82) is 0 Å². The number of nitrogens with two attached hydrogens (primary N) is 1. The van der Waals surface area contributed by atoms with Gasteiger partial charge in [0.25, 0.3) is 0 Å². The van der Waals surface area contributed by atoms with E-state index >= 15 is 0 Å². The van der Waals surface area contributed by atoms with Crippen molar-refractivity contribution in [2.45, 2.75) is 13.5 Å². The van der Waals surface area contributed by atoms with Crippen LogP contribution >= 0.6 is 11.3 Å². The van der Waals surface area contributed by atoms with Gasteiger partial charge in [0.05, 0.1) is 29.1 Å². The lowest BCUT2D eigenvalue weighted by atomic mass is 10.2. The van der Waals surface area contributed by atoms with E-state index in [1.807, 2.05) is 24.7 Å². The van der Waals surface area contributed by atoms with Crippen LogP contribution in [0.25, 0.3) is 0 Å². The Morgan fingerprint density at radius 3 is 2.94 bits per heavy atom. The van der Waals surface area contributed by atoms with E-state index in [9.17, 15) is 0 Å². The molecule has 0 aliphatic carbocycles. The number of thiazole rings is 1. The zero-order valence-corrected chi connectivity index (χ0v) is 10.3. The molecule has 0 saturated heterocycles. The van der Waals surface area contributed by atoms with Crippen LogP contribution in [0.15, 0.2) is 29.1 Å². The van der Waals surface area contributed by atoms with E-state index in [1.165, 1.54) is 5.56 Å². The average molecular weight is 233 g/mol. The number of hydrogen-bond acceptors (Lipinski definition) is 4. The van der Waals surface area contributed by atoms with E-state index in [2.05, 4.69) is 28.3 Å². The summed E-state index contributed by atoms with van der Waals surface area (Å²) in [6.07, 6.45) is 0. The molecule has 1 aromatic carbocycles. The van der Waals surface area contributed by atoms with Gasteiger partial charge in [-0.1, -0.05) is 6.07 Å².